The number of rotatable bonds is 15. The first-order valence-electron chi connectivity index (χ1n) is 17.5. The highest BCUT2D eigenvalue weighted by molar-refractivity contribution is 7.88. The molecule has 10 atom stereocenters. The smallest absolute Gasteiger partial charge is 0.374 e. The van der Waals surface area contributed by atoms with E-state index in [2.05, 4.69) is 20.8 Å². The van der Waals surface area contributed by atoms with Crippen LogP contribution in [0.4, 0.5) is 0 Å². The Morgan fingerprint density at radius 3 is 1.60 bits per heavy atom. The second-order valence-electron chi connectivity index (χ2n) is 13.9. The van der Waals surface area contributed by atoms with E-state index in [0.29, 0.717) is 19.3 Å². The van der Waals surface area contributed by atoms with Gasteiger partial charge in [-0.2, -0.15) is 16.8 Å². The van der Waals surface area contributed by atoms with Crippen molar-refractivity contribution in [2.24, 2.45) is 23.7 Å². The van der Waals surface area contributed by atoms with Gasteiger partial charge in [-0.05, 0) is 38.5 Å². The van der Waals surface area contributed by atoms with Crippen LogP contribution in [0, 0.1) is 23.7 Å². The molecule has 0 aromatic rings. The molecule has 0 aromatic carbocycles. The SMILES string of the molecule is C=C(C)C(=O)OCCOC(=O)CCC(=O)O.CC(=O)C(=O)OCCOC(=O)CCC(=O)OC1C2CC3C1OS(=O)(=O)C3C2.O=S1(=O)OC2C(O)C3CC2C1C3. The van der Waals surface area contributed by atoms with Crippen LogP contribution in [0.3, 0.4) is 0 Å². The van der Waals surface area contributed by atoms with Crippen molar-refractivity contribution < 1.29 is 92.7 Å². The van der Waals surface area contributed by atoms with E-state index in [1.54, 1.807) is 0 Å². The number of ether oxygens (including phenoxy) is 5. The topological polar surface area (TPSA) is 293 Å². The number of Topliss-reactive ketones (excluding diaryl/α,β-unsaturated/α-hetero) is 1. The number of esters is 5. The van der Waals surface area contributed by atoms with Crippen LogP contribution in [0.25, 0.3) is 0 Å². The monoisotopic (exact) mass is 824 g/mol. The van der Waals surface area contributed by atoms with Gasteiger partial charge in [-0.1, -0.05) is 6.58 Å². The summed E-state index contributed by atoms with van der Waals surface area (Å²) in [5.41, 5.74) is 0.261. The zero-order chi connectivity index (χ0) is 40.8. The van der Waals surface area contributed by atoms with E-state index >= 15 is 0 Å². The average molecular weight is 825 g/mol. The van der Waals surface area contributed by atoms with E-state index < -0.39 is 91.5 Å². The molecule has 0 radical (unpaired) electrons. The van der Waals surface area contributed by atoms with Gasteiger partial charge in [-0.3, -0.25) is 32.3 Å². The van der Waals surface area contributed by atoms with Gasteiger partial charge in [0.15, 0.2) is 0 Å². The lowest BCUT2D eigenvalue weighted by molar-refractivity contribution is -0.160. The first kappa shape index (κ1) is 43.7. The third kappa shape index (κ3) is 11.1. The molecule has 2 aliphatic heterocycles. The molecule has 10 unspecified atom stereocenters. The second-order valence-corrected chi connectivity index (χ2v) is 17.4. The number of hydrogen-bond acceptors (Lipinski definition) is 19. The van der Waals surface area contributed by atoms with Crippen LogP contribution in [-0.2, 0) is 85.8 Å². The molecular weight excluding hydrogens is 780 g/mol. The molecule has 4 saturated carbocycles. The van der Waals surface area contributed by atoms with Crippen LogP contribution in [0.5, 0.6) is 0 Å². The van der Waals surface area contributed by atoms with E-state index in [1.165, 1.54) is 6.92 Å². The Kier molecular flexibility index (Phi) is 14.6. The van der Waals surface area contributed by atoms with E-state index in [9.17, 15) is 55.5 Å². The van der Waals surface area contributed by atoms with Gasteiger partial charge in [-0.15, -0.1) is 0 Å². The van der Waals surface area contributed by atoms with Crippen molar-refractivity contribution in [1.82, 2.24) is 0 Å². The number of carboxylic acids is 1. The fourth-order valence-electron chi connectivity index (χ4n) is 7.52. The van der Waals surface area contributed by atoms with Crippen LogP contribution in [0.2, 0.25) is 0 Å². The fourth-order valence-corrected chi connectivity index (χ4v) is 11.3. The molecule has 6 aliphatic rings. The highest BCUT2D eigenvalue weighted by Crippen LogP contribution is 2.56. The van der Waals surface area contributed by atoms with Crippen LogP contribution in [0.1, 0.15) is 65.2 Å². The molecule has 2 saturated heterocycles. The second kappa shape index (κ2) is 18.3. The van der Waals surface area contributed by atoms with Crippen molar-refractivity contribution in [2.45, 2.75) is 100 Å². The first-order valence-corrected chi connectivity index (χ1v) is 20.4. The Labute approximate surface area is 316 Å². The summed E-state index contributed by atoms with van der Waals surface area (Å²) in [6.45, 7) is 5.30. The lowest BCUT2D eigenvalue weighted by atomic mass is 9.94. The van der Waals surface area contributed by atoms with Gasteiger partial charge >= 0.3 is 35.8 Å². The van der Waals surface area contributed by atoms with Gasteiger partial charge in [0.1, 0.15) is 44.7 Å². The van der Waals surface area contributed by atoms with Crippen molar-refractivity contribution in [3.05, 3.63) is 12.2 Å². The molecule has 55 heavy (non-hydrogen) atoms. The standard InChI is InChI=1S/C16H20O10S.C10H14O6.C7H10O4S/c1-8(17)16(20)24-5-4-23-12(18)2-3-13(19)25-14-9-6-10-11(7-9)27(21,22)26-15(10)14;1-7(2)10(14)16-6-5-15-9(13)4-3-8(11)12;8-6-3-1-4-5(2-3)12(9,10)11-7(4)6/h9-11,14-15H,2-7H2,1H3;1,3-6H2,2H3,(H,11,12);3-8H,1-2H2. The van der Waals surface area contributed by atoms with Gasteiger partial charge in [0, 0.05) is 30.3 Å². The maximum absolute atomic E-state index is 12.0. The van der Waals surface area contributed by atoms with Crippen LogP contribution in [-0.4, -0.2) is 130 Å². The molecule has 0 aromatic heterocycles. The van der Waals surface area contributed by atoms with E-state index in [0.717, 1.165) is 13.3 Å². The summed E-state index contributed by atoms with van der Waals surface area (Å²) in [4.78, 5) is 76.9. The molecule has 0 spiro atoms. The number of carbonyl (C=O) groups excluding carboxylic acids is 6. The van der Waals surface area contributed by atoms with Crippen LogP contribution < -0.4 is 0 Å². The molecule has 20 nitrogen and oxygen atoms in total. The van der Waals surface area contributed by atoms with E-state index in [4.69, 9.17) is 22.9 Å². The number of aliphatic hydroxyl groups excluding tert-OH is 1. The Balaban J connectivity index is 0.000000203. The summed E-state index contributed by atoms with van der Waals surface area (Å²) < 4.78 is 80.2. The molecule has 22 heteroatoms. The summed E-state index contributed by atoms with van der Waals surface area (Å²) in [5, 5.41) is 17.0. The quantitative estimate of drug-likeness (QED) is 0.0525. The third-order valence-corrected chi connectivity index (χ3v) is 13.5. The molecule has 2 N–H and O–H groups in total. The third-order valence-electron chi connectivity index (χ3n) is 10.00. The summed E-state index contributed by atoms with van der Waals surface area (Å²) in [7, 11) is -6.90. The summed E-state index contributed by atoms with van der Waals surface area (Å²) >= 11 is 0. The average Bonchev–Trinajstić information content (AvgIpc) is 3.93. The summed E-state index contributed by atoms with van der Waals surface area (Å²) in [6, 6.07) is 0. The molecule has 4 bridgehead atoms. The molecule has 2 heterocycles. The minimum atomic E-state index is -3.57. The summed E-state index contributed by atoms with van der Waals surface area (Å²) in [6.07, 6.45) is -0.564. The maximum atomic E-state index is 12.0. The van der Waals surface area contributed by atoms with Crippen molar-refractivity contribution in [3.8, 4) is 0 Å². The lowest BCUT2D eigenvalue weighted by Gasteiger charge is -2.24. The van der Waals surface area contributed by atoms with E-state index in [-0.39, 0.29) is 86.6 Å². The predicted octanol–water partition coefficient (Wildman–Crippen LogP) is -0.511. The Bertz CT molecular complexity index is 1750. The van der Waals surface area contributed by atoms with Gasteiger partial charge < -0.3 is 33.9 Å². The van der Waals surface area contributed by atoms with Gasteiger partial charge in [0.2, 0.25) is 5.78 Å². The number of carbonyl (C=O) groups is 7. The lowest BCUT2D eigenvalue weighted by Crippen LogP contribution is -2.37. The van der Waals surface area contributed by atoms with E-state index in [1.807, 2.05) is 0 Å². The Morgan fingerprint density at radius 2 is 1.09 bits per heavy atom. The largest absolute Gasteiger partial charge is 0.481 e. The summed E-state index contributed by atoms with van der Waals surface area (Å²) in [5.74, 6) is -5.24. The number of ketones is 1. The number of carboxylic acid groups (broad SMARTS) is 1. The van der Waals surface area contributed by atoms with Gasteiger partial charge in [-0.25, -0.2) is 9.59 Å². The van der Waals surface area contributed by atoms with Crippen molar-refractivity contribution in [2.75, 3.05) is 26.4 Å². The molecule has 4 aliphatic carbocycles. The minimum absolute atomic E-state index is 0.0332. The molecular formula is C33H44O20S2. The number of hydrogen-bond donors (Lipinski definition) is 2. The normalized spacial score (nSPS) is 31.5. The number of aliphatic carboxylic acids is 1. The van der Waals surface area contributed by atoms with Crippen molar-refractivity contribution >= 4 is 61.8 Å². The zero-order valence-electron chi connectivity index (χ0n) is 30.0. The number of aliphatic hydroxyl groups is 1. The Morgan fingerprint density at radius 1 is 0.636 bits per heavy atom. The highest BCUT2D eigenvalue weighted by atomic mass is 32.2. The van der Waals surface area contributed by atoms with Gasteiger partial charge in [0.05, 0.1) is 42.3 Å². The molecule has 0 amide bonds. The molecule has 6 rings (SSSR count). The van der Waals surface area contributed by atoms with Crippen molar-refractivity contribution in [1.29, 1.82) is 0 Å². The van der Waals surface area contributed by atoms with Crippen molar-refractivity contribution in [3.63, 3.8) is 0 Å². The first-order chi connectivity index (χ1) is 25.7. The minimum Gasteiger partial charge on any atom is -0.481 e. The van der Waals surface area contributed by atoms with Crippen LogP contribution >= 0.6 is 0 Å². The molecule has 6 fully saturated rings. The van der Waals surface area contributed by atoms with Crippen LogP contribution in [0.15, 0.2) is 12.2 Å². The predicted molar refractivity (Wildman–Crippen MR) is 179 cm³/mol. The molecule has 308 valence electrons. The van der Waals surface area contributed by atoms with Gasteiger partial charge in [0.25, 0.3) is 20.2 Å². The Hall–Kier alpha value is -3.99. The fraction of sp³-hybridized carbons (Fsp3) is 0.727. The highest BCUT2D eigenvalue weighted by Gasteiger charge is 2.65. The number of fused-ring (bicyclic) bond motifs is 2. The maximum Gasteiger partial charge on any atom is 0.374 e. The zero-order valence-corrected chi connectivity index (χ0v) is 31.7.